The summed E-state index contributed by atoms with van der Waals surface area (Å²) in [5.74, 6) is 0.165. The number of morpholine rings is 1. The van der Waals surface area contributed by atoms with Crippen molar-refractivity contribution >= 4 is 21.8 Å². The molecule has 1 aliphatic rings. The van der Waals surface area contributed by atoms with Gasteiger partial charge < -0.3 is 15.4 Å². The Morgan fingerprint density at radius 3 is 2.90 bits per heavy atom. The number of carbonyl (C=O) groups is 1. The monoisotopic (exact) mass is 340 g/mol. The summed E-state index contributed by atoms with van der Waals surface area (Å²) >= 11 is 3.46. The summed E-state index contributed by atoms with van der Waals surface area (Å²) in [5.41, 5.74) is 7.04. The smallest absolute Gasteiger partial charge is 0.239 e. The van der Waals surface area contributed by atoms with Gasteiger partial charge in [-0.2, -0.15) is 0 Å². The lowest BCUT2D eigenvalue weighted by atomic mass is 10.0. The molecule has 1 heterocycles. The fraction of sp³-hybridized carbons (Fsp3) is 0.533. The lowest BCUT2D eigenvalue weighted by Gasteiger charge is -2.35. The summed E-state index contributed by atoms with van der Waals surface area (Å²) in [5, 5.41) is 0. The van der Waals surface area contributed by atoms with Gasteiger partial charge in [0, 0.05) is 11.0 Å². The van der Waals surface area contributed by atoms with Crippen molar-refractivity contribution in [3.8, 4) is 0 Å². The lowest BCUT2D eigenvalue weighted by Crippen LogP contribution is -2.51. The van der Waals surface area contributed by atoms with Gasteiger partial charge in [0.2, 0.25) is 5.91 Å². The minimum atomic E-state index is -0.434. The van der Waals surface area contributed by atoms with E-state index >= 15 is 0 Å². The van der Waals surface area contributed by atoms with Crippen molar-refractivity contribution in [1.29, 1.82) is 0 Å². The first-order valence-corrected chi connectivity index (χ1v) is 7.69. The molecule has 2 rings (SSSR count). The van der Waals surface area contributed by atoms with Crippen molar-refractivity contribution < 1.29 is 9.53 Å². The van der Waals surface area contributed by atoms with E-state index in [1.807, 2.05) is 43.0 Å². The normalized spacial score (nSPS) is 21.1. The summed E-state index contributed by atoms with van der Waals surface area (Å²) in [7, 11) is 0. The molecule has 0 unspecified atom stereocenters. The number of benzene rings is 1. The van der Waals surface area contributed by atoms with Gasteiger partial charge in [0.05, 0.1) is 19.2 Å². The number of ether oxygens (including phenoxy) is 1. The van der Waals surface area contributed by atoms with Crippen LogP contribution in [0.25, 0.3) is 0 Å². The maximum atomic E-state index is 12.3. The van der Waals surface area contributed by atoms with Crippen LogP contribution in [0.1, 0.15) is 25.5 Å². The van der Waals surface area contributed by atoms with E-state index in [0.717, 1.165) is 10.0 Å². The van der Waals surface area contributed by atoms with Crippen LogP contribution in [0.3, 0.4) is 0 Å². The van der Waals surface area contributed by atoms with Crippen LogP contribution in [0.4, 0.5) is 0 Å². The van der Waals surface area contributed by atoms with E-state index in [4.69, 9.17) is 10.5 Å². The van der Waals surface area contributed by atoms with Gasteiger partial charge in [0.1, 0.15) is 6.10 Å². The summed E-state index contributed by atoms with van der Waals surface area (Å²) in [6, 6.07) is 7.57. The number of amides is 1. The van der Waals surface area contributed by atoms with Gasteiger partial charge in [-0.25, -0.2) is 0 Å². The Kier molecular flexibility index (Phi) is 5.18. The summed E-state index contributed by atoms with van der Waals surface area (Å²) in [4.78, 5) is 14.1. The first-order chi connectivity index (χ1) is 9.49. The van der Waals surface area contributed by atoms with Crippen molar-refractivity contribution in [2.75, 3.05) is 19.7 Å². The zero-order chi connectivity index (χ0) is 14.7. The molecule has 20 heavy (non-hydrogen) atoms. The van der Waals surface area contributed by atoms with Gasteiger partial charge in [-0.05, 0) is 23.6 Å². The number of carbonyl (C=O) groups excluding carboxylic acids is 1. The molecule has 2 atom stereocenters. The molecule has 2 N–H and O–H groups in total. The molecule has 110 valence electrons. The van der Waals surface area contributed by atoms with Crippen LogP contribution in [0.2, 0.25) is 0 Å². The molecule has 0 radical (unpaired) electrons. The summed E-state index contributed by atoms with van der Waals surface area (Å²) in [6.45, 7) is 5.66. The Balaban J connectivity index is 2.07. The topological polar surface area (TPSA) is 55.6 Å². The van der Waals surface area contributed by atoms with E-state index in [2.05, 4.69) is 15.9 Å². The third-order valence-electron chi connectivity index (χ3n) is 3.60. The first-order valence-electron chi connectivity index (χ1n) is 6.90. The van der Waals surface area contributed by atoms with E-state index < -0.39 is 6.04 Å². The molecular weight excluding hydrogens is 320 g/mol. The highest BCUT2D eigenvalue weighted by Crippen LogP contribution is 2.25. The number of hydrogen-bond donors (Lipinski definition) is 1. The molecule has 1 saturated heterocycles. The average Bonchev–Trinajstić information content (AvgIpc) is 2.45. The molecule has 0 bridgehead atoms. The Morgan fingerprint density at radius 1 is 1.50 bits per heavy atom. The van der Waals surface area contributed by atoms with Crippen molar-refractivity contribution in [3.63, 3.8) is 0 Å². The van der Waals surface area contributed by atoms with Gasteiger partial charge in [0.15, 0.2) is 0 Å². The molecule has 1 aliphatic heterocycles. The minimum Gasteiger partial charge on any atom is -0.370 e. The molecule has 0 saturated carbocycles. The molecule has 0 spiro atoms. The molecule has 5 heteroatoms. The second-order valence-corrected chi connectivity index (χ2v) is 6.38. The van der Waals surface area contributed by atoms with E-state index in [-0.39, 0.29) is 17.9 Å². The zero-order valence-electron chi connectivity index (χ0n) is 11.9. The highest BCUT2D eigenvalue weighted by atomic mass is 79.9. The largest absolute Gasteiger partial charge is 0.370 e. The van der Waals surface area contributed by atoms with Crippen LogP contribution >= 0.6 is 15.9 Å². The van der Waals surface area contributed by atoms with Gasteiger partial charge in [-0.3, -0.25) is 4.79 Å². The molecule has 1 fully saturated rings. The molecule has 0 aliphatic carbocycles. The minimum absolute atomic E-state index is 0.0169. The van der Waals surface area contributed by atoms with Gasteiger partial charge in [-0.15, -0.1) is 0 Å². The van der Waals surface area contributed by atoms with Crippen molar-refractivity contribution in [2.45, 2.75) is 26.0 Å². The third-order valence-corrected chi connectivity index (χ3v) is 4.10. The zero-order valence-corrected chi connectivity index (χ0v) is 13.5. The van der Waals surface area contributed by atoms with E-state index in [1.165, 1.54) is 0 Å². The van der Waals surface area contributed by atoms with Crippen LogP contribution in [-0.2, 0) is 9.53 Å². The van der Waals surface area contributed by atoms with Gasteiger partial charge >= 0.3 is 0 Å². The van der Waals surface area contributed by atoms with Gasteiger partial charge in [0.25, 0.3) is 0 Å². The van der Waals surface area contributed by atoms with E-state index in [0.29, 0.717) is 19.7 Å². The molecule has 1 aromatic carbocycles. The highest BCUT2D eigenvalue weighted by molar-refractivity contribution is 9.10. The molecule has 1 aromatic rings. The van der Waals surface area contributed by atoms with Crippen LogP contribution in [-0.4, -0.2) is 36.5 Å². The Morgan fingerprint density at radius 2 is 2.25 bits per heavy atom. The predicted octanol–water partition coefficient (Wildman–Crippen LogP) is 2.33. The summed E-state index contributed by atoms with van der Waals surface area (Å²) in [6.07, 6.45) is -0.0791. The Hall–Kier alpha value is -0.910. The molecule has 1 amide bonds. The quantitative estimate of drug-likeness (QED) is 0.918. The first kappa shape index (κ1) is 15.5. The van der Waals surface area contributed by atoms with Crippen LogP contribution in [0.15, 0.2) is 28.7 Å². The molecule has 4 nitrogen and oxygen atoms in total. The number of hydrogen-bond acceptors (Lipinski definition) is 3. The van der Waals surface area contributed by atoms with Crippen LogP contribution in [0, 0.1) is 5.92 Å². The van der Waals surface area contributed by atoms with Crippen molar-refractivity contribution in [1.82, 2.24) is 4.90 Å². The second-order valence-electron chi connectivity index (χ2n) is 5.47. The fourth-order valence-electron chi connectivity index (χ4n) is 2.25. The standard InChI is InChI=1S/C15H21BrN2O2/c1-10(2)14(17)15(19)18-6-7-20-13(9-18)11-4-3-5-12(16)8-11/h3-5,8,10,13-14H,6-7,9,17H2,1-2H3/t13-,14-/m0/s1. The van der Waals surface area contributed by atoms with Gasteiger partial charge in [-0.1, -0.05) is 41.9 Å². The van der Waals surface area contributed by atoms with Crippen molar-refractivity contribution in [2.24, 2.45) is 11.7 Å². The number of nitrogens with two attached hydrogens (primary N) is 1. The summed E-state index contributed by atoms with van der Waals surface area (Å²) < 4.78 is 6.80. The fourth-order valence-corrected chi connectivity index (χ4v) is 2.67. The number of halogens is 1. The van der Waals surface area contributed by atoms with Crippen LogP contribution in [0.5, 0.6) is 0 Å². The number of nitrogens with zero attached hydrogens (tertiary/aromatic N) is 1. The lowest BCUT2D eigenvalue weighted by molar-refractivity contribution is -0.141. The Labute approximate surface area is 128 Å². The van der Waals surface area contributed by atoms with E-state index in [9.17, 15) is 4.79 Å². The predicted molar refractivity (Wildman–Crippen MR) is 82.2 cm³/mol. The second kappa shape index (κ2) is 6.70. The van der Waals surface area contributed by atoms with Crippen molar-refractivity contribution in [3.05, 3.63) is 34.3 Å². The van der Waals surface area contributed by atoms with E-state index in [1.54, 1.807) is 0 Å². The number of rotatable bonds is 3. The Bertz CT molecular complexity index is 479. The average molecular weight is 341 g/mol. The maximum Gasteiger partial charge on any atom is 0.239 e. The molecule has 0 aromatic heterocycles. The third kappa shape index (κ3) is 3.59. The van der Waals surface area contributed by atoms with Crippen LogP contribution < -0.4 is 5.73 Å². The SMILES string of the molecule is CC(C)[C@H](N)C(=O)N1CCO[C@H](c2cccc(Br)c2)C1. The molecular formula is C15H21BrN2O2. The highest BCUT2D eigenvalue weighted by Gasteiger charge is 2.29. The maximum absolute atomic E-state index is 12.3.